The fourth-order valence-electron chi connectivity index (χ4n) is 1.39. The molecule has 1 N–H and O–H groups in total. The molecule has 1 aromatic rings. The van der Waals surface area contributed by atoms with Crippen molar-refractivity contribution in [2.45, 2.75) is 13.0 Å². The number of halogens is 1. The minimum atomic E-state index is -0.379. The van der Waals surface area contributed by atoms with Gasteiger partial charge in [-0.2, -0.15) is 5.26 Å². The summed E-state index contributed by atoms with van der Waals surface area (Å²) in [6, 6.07) is 7.57. The predicted molar refractivity (Wildman–Crippen MR) is 69.2 cm³/mol. The van der Waals surface area contributed by atoms with Crippen LogP contribution in [0.5, 0.6) is 0 Å². The average molecular weight is 294 g/mol. The Morgan fingerprint density at radius 2 is 2.41 bits per heavy atom. The van der Waals surface area contributed by atoms with E-state index in [0.29, 0.717) is 13.1 Å². The highest BCUT2D eigenvalue weighted by Crippen LogP contribution is 2.20. The minimum Gasteiger partial charge on any atom is -0.298 e. The standard InChI is InChI=1S/C11H12BrN5/c1-8-6-9(2-3-10(8)12)11(7-13)15-4-5-16-17-14/h2-3,6,11,15H,4-5H2,1H3. The number of rotatable bonds is 5. The zero-order valence-corrected chi connectivity index (χ0v) is 11.0. The summed E-state index contributed by atoms with van der Waals surface area (Å²) in [4.78, 5) is 2.65. The van der Waals surface area contributed by atoms with Gasteiger partial charge in [0.2, 0.25) is 0 Å². The molecule has 0 saturated carbocycles. The van der Waals surface area contributed by atoms with Gasteiger partial charge in [-0.15, -0.1) is 0 Å². The summed E-state index contributed by atoms with van der Waals surface area (Å²) in [5.41, 5.74) is 10.1. The molecule has 0 aliphatic heterocycles. The zero-order chi connectivity index (χ0) is 12.7. The fraction of sp³-hybridized carbons (Fsp3) is 0.364. The van der Waals surface area contributed by atoms with Crippen molar-refractivity contribution in [2.24, 2.45) is 5.11 Å². The van der Waals surface area contributed by atoms with Gasteiger partial charge in [0.05, 0.1) is 6.07 Å². The van der Waals surface area contributed by atoms with E-state index >= 15 is 0 Å². The summed E-state index contributed by atoms with van der Waals surface area (Å²) in [5.74, 6) is 0. The van der Waals surface area contributed by atoms with Crippen molar-refractivity contribution in [3.8, 4) is 6.07 Å². The van der Waals surface area contributed by atoms with Crippen molar-refractivity contribution < 1.29 is 0 Å². The van der Waals surface area contributed by atoms with Crippen LogP contribution in [-0.4, -0.2) is 13.1 Å². The van der Waals surface area contributed by atoms with Crippen LogP contribution in [0.4, 0.5) is 0 Å². The van der Waals surface area contributed by atoms with E-state index in [2.05, 4.69) is 37.3 Å². The topological polar surface area (TPSA) is 84.6 Å². The first-order chi connectivity index (χ1) is 8.19. The number of azide groups is 1. The summed E-state index contributed by atoms with van der Waals surface area (Å²) >= 11 is 3.42. The number of nitrogens with zero attached hydrogens (tertiary/aromatic N) is 4. The van der Waals surface area contributed by atoms with E-state index in [0.717, 1.165) is 15.6 Å². The van der Waals surface area contributed by atoms with Gasteiger partial charge in [0.15, 0.2) is 0 Å². The number of aryl methyl sites for hydroxylation is 1. The van der Waals surface area contributed by atoms with E-state index in [-0.39, 0.29) is 6.04 Å². The summed E-state index contributed by atoms with van der Waals surface area (Å²) in [6.45, 7) is 2.80. The van der Waals surface area contributed by atoms with Crippen LogP contribution in [0.15, 0.2) is 27.8 Å². The van der Waals surface area contributed by atoms with E-state index in [9.17, 15) is 0 Å². The van der Waals surface area contributed by atoms with E-state index in [1.54, 1.807) is 0 Å². The SMILES string of the molecule is Cc1cc(C(C#N)NCCN=[N+]=[N-])ccc1Br. The van der Waals surface area contributed by atoms with Gasteiger partial charge in [-0.1, -0.05) is 33.2 Å². The molecule has 0 aliphatic carbocycles. The average Bonchev–Trinajstić information content (AvgIpc) is 2.33. The lowest BCUT2D eigenvalue weighted by atomic mass is 10.1. The van der Waals surface area contributed by atoms with Gasteiger partial charge in [-0.25, -0.2) is 0 Å². The first-order valence-corrected chi connectivity index (χ1v) is 5.88. The highest BCUT2D eigenvalue weighted by atomic mass is 79.9. The second-order valence-electron chi connectivity index (χ2n) is 3.48. The molecular weight excluding hydrogens is 282 g/mol. The largest absolute Gasteiger partial charge is 0.298 e. The Bertz CT molecular complexity index is 473. The highest BCUT2D eigenvalue weighted by Gasteiger charge is 2.09. The van der Waals surface area contributed by atoms with Crippen LogP contribution < -0.4 is 5.32 Å². The molecule has 0 aromatic heterocycles. The van der Waals surface area contributed by atoms with Crippen LogP contribution >= 0.6 is 15.9 Å². The molecule has 1 aromatic carbocycles. The normalized spacial score (nSPS) is 11.4. The molecule has 0 saturated heterocycles. The summed E-state index contributed by atoms with van der Waals surface area (Å²) in [5, 5.41) is 15.5. The van der Waals surface area contributed by atoms with Crippen molar-refractivity contribution >= 4 is 15.9 Å². The molecule has 0 radical (unpaired) electrons. The maximum Gasteiger partial charge on any atom is 0.121 e. The van der Waals surface area contributed by atoms with E-state index < -0.39 is 0 Å². The number of nitriles is 1. The molecule has 1 unspecified atom stereocenters. The molecule has 5 nitrogen and oxygen atoms in total. The molecule has 0 amide bonds. The maximum absolute atomic E-state index is 9.07. The molecule has 6 heteroatoms. The van der Waals surface area contributed by atoms with Crippen molar-refractivity contribution in [2.75, 3.05) is 13.1 Å². The molecule has 0 spiro atoms. The molecule has 0 bridgehead atoms. The molecule has 0 heterocycles. The van der Waals surface area contributed by atoms with Crippen molar-refractivity contribution in [3.63, 3.8) is 0 Å². The Hall–Kier alpha value is -1.54. The Balaban J connectivity index is 2.70. The maximum atomic E-state index is 9.07. The van der Waals surface area contributed by atoms with Gasteiger partial charge in [0, 0.05) is 22.5 Å². The third-order valence-corrected chi connectivity index (χ3v) is 3.16. The smallest absolute Gasteiger partial charge is 0.121 e. The summed E-state index contributed by atoms with van der Waals surface area (Å²) in [7, 11) is 0. The molecule has 1 rings (SSSR count). The van der Waals surface area contributed by atoms with Crippen LogP contribution in [0.2, 0.25) is 0 Å². The van der Waals surface area contributed by atoms with E-state index in [4.69, 9.17) is 10.8 Å². The number of nitrogens with one attached hydrogen (secondary N) is 1. The lowest BCUT2D eigenvalue weighted by Crippen LogP contribution is -2.22. The first kappa shape index (κ1) is 13.5. The van der Waals surface area contributed by atoms with Crippen molar-refractivity contribution in [3.05, 3.63) is 44.2 Å². The Morgan fingerprint density at radius 3 is 3.00 bits per heavy atom. The zero-order valence-electron chi connectivity index (χ0n) is 9.39. The Morgan fingerprint density at radius 1 is 1.65 bits per heavy atom. The fourth-order valence-corrected chi connectivity index (χ4v) is 1.64. The lowest BCUT2D eigenvalue weighted by molar-refractivity contribution is 0.635. The quantitative estimate of drug-likeness (QED) is 0.391. The Kier molecular flexibility index (Phi) is 5.50. The van der Waals surface area contributed by atoms with Crippen LogP contribution in [0.25, 0.3) is 10.4 Å². The number of benzene rings is 1. The molecule has 0 fully saturated rings. The minimum absolute atomic E-state index is 0.337. The summed E-state index contributed by atoms with van der Waals surface area (Å²) in [6.07, 6.45) is 0. The monoisotopic (exact) mass is 293 g/mol. The van der Waals surface area contributed by atoms with Crippen molar-refractivity contribution in [1.82, 2.24) is 5.32 Å². The van der Waals surface area contributed by atoms with Crippen LogP contribution in [0.3, 0.4) is 0 Å². The third kappa shape index (κ3) is 4.08. The van der Waals surface area contributed by atoms with Gasteiger partial charge < -0.3 is 0 Å². The van der Waals surface area contributed by atoms with Gasteiger partial charge >= 0.3 is 0 Å². The van der Waals surface area contributed by atoms with E-state index in [1.807, 2.05) is 25.1 Å². The highest BCUT2D eigenvalue weighted by molar-refractivity contribution is 9.10. The third-order valence-electron chi connectivity index (χ3n) is 2.27. The van der Waals surface area contributed by atoms with Gasteiger partial charge in [0.25, 0.3) is 0 Å². The Labute approximate surface area is 108 Å². The van der Waals surface area contributed by atoms with Crippen molar-refractivity contribution in [1.29, 1.82) is 5.26 Å². The molecule has 0 aliphatic rings. The summed E-state index contributed by atoms with van der Waals surface area (Å²) < 4.78 is 1.02. The first-order valence-electron chi connectivity index (χ1n) is 5.09. The number of hydrogen-bond donors (Lipinski definition) is 1. The predicted octanol–water partition coefficient (Wildman–Crippen LogP) is 3.22. The molecular formula is C11H12BrN5. The van der Waals surface area contributed by atoms with Gasteiger partial charge in [-0.3, -0.25) is 5.32 Å². The second kappa shape index (κ2) is 6.92. The van der Waals surface area contributed by atoms with E-state index in [1.165, 1.54) is 0 Å². The van der Waals surface area contributed by atoms with Crippen LogP contribution in [-0.2, 0) is 0 Å². The van der Waals surface area contributed by atoms with Crippen LogP contribution in [0, 0.1) is 18.3 Å². The lowest BCUT2D eigenvalue weighted by Gasteiger charge is -2.12. The molecule has 1 atom stereocenters. The number of hydrogen-bond acceptors (Lipinski definition) is 3. The second-order valence-corrected chi connectivity index (χ2v) is 4.33. The molecule has 17 heavy (non-hydrogen) atoms. The molecule has 88 valence electrons. The van der Waals surface area contributed by atoms with Gasteiger partial charge in [0.1, 0.15) is 6.04 Å². The van der Waals surface area contributed by atoms with Crippen LogP contribution in [0.1, 0.15) is 17.2 Å². The van der Waals surface area contributed by atoms with Gasteiger partial charge in [-0.05, 0) is 29.6 Å².